The summed E-state index contributed by atoms with van der Waals surface area (Å²) in [4.78, 5) is 9.10. The smallest absolute Gasteiger partial charge is 0.191 e. The van der Waals surface area contributed by atoms with Gasteiger partial charge in [-0.3, -0.25) is 9.98 Å². The van der Waals surface area contributed by atoms with Crippen molar-refractivity contribution in [1.29, 1.82) is 0 Å². The summed E-state index contributed by atoms with van der Waals surface area (Å²) < 4.78 is 10.4. The van der Waals surface area contributed by atoms with Crippen LogP contribution in [0.15, 0.2) is 41.5 Å². The lowest BCUT2D eigenvalue weighted by Gasteiger charge is -2.12. The van der Waals surface area contributed by atoms with Gasteiger partial charge in [-0.2, -0.15) is 0 Å². The highest BCUT2D eigenvalue weighted by atomic mass is 16.5. The molecule has 1 heterocycles. The summed E-state index contributed by atoms with van der Waals surface area (Å²) in [7, 11) is 1.68. The molecule has 0 bridgehead atoms. The summed E-state index contributed by atoms with van der Waals surface area (Å²) in [6, 6.07) is 10.4. The molecule has 2 aromatic rings. The second-order valence-electron chi connectivity index (χ2n) is 5.89. The summed E-state index contributed by atoms with van der Waals surface area (Å²) >= 11 is 0. The molecule has 26 heavy (non-hydrogen) atoms. The Hall–Kier alpha value is -2.18. The van der Waals surface area contributed by atoms with Gasteiger partial charge in [-0.05, 0) is 31.4 Å². The van der Waals surface area contributed by atoms with Gasteiger partial charge in [0, 0.05) is 44.9 Å². The van der Waals surface area contributed by atoms with E-state index in [0.717, 1.165) is 44.0 Å². The molecular weight excluding hydrogens is 328 g/mol. The van der Waals surface area contributed by atoms with Crippen molar-refractivity contribution < 1.29 is 9.47 Å². The number of rotatable bonds is 11. The number of guanidine groups is 1. The maximum Gasteiger partial charge on any atom is 0.191 e. The van der Waals surface area contributed by atoms with Gasteiger partial charge >= 0.3 is 0 Å². The molecule has 6 nitrogen and oxygen atoms in total. The van der Waals surface area contributed by atoms with Gasteiger partial charge in [-0.15, -0.1) is 0 Å². The Morgan fingerprint density at radius 2 is 2.00 bits per heavy atom. The van der Waals surface area contributed by atoms with Crippen LogP contribution in [0.25, 0.3) is 10.9 Å². The molecule has 1 aromatic carbocycles. The first kappa shape index (κ1) is 20.1. The molecule has 6 heteroatoms. The molecule has 2 rings (SSSR count). The molecule has 0 saturated carbocycles. The van der Waals surface area contributed by atoms with Crippen LogP contribution in [0.5, 0.6) is 0 Å². The van der Waals surface area contributed by atoms with Crippen LogP contribution in [0.3, 0.4) is 0 Å². The molecule has 0 aliphatic heterocycles. The average Bonchev–Trinajstić information content (AvgIpc) is 2.67. The Kier molecular flexibility index (Phi) is 9.46. The number of pyridine rings is 1. The molecule has 0 radical (unpaired) electrons. The molecule has 0 aliphatic carbocycles. The SMILES string of the molecule is CCNC(=NCCCOCCOC)NCCc1cccc2cccnc12. The Morgan fingerprint density at radius 1 is 1.12 bits per heavy atom. The number of fused-ring (bicyclic) bond motifs is 1. The first-order valence-corrected chi connectivity index (χ1v) is 9.26. The predicted octanol–water partition coefficient (Wildman–Crippen LogP) is 2.39. The number of hydrogen-bond donors (Lipinski definition) is 2. The molecule has 0 saturated heterocycles. The number of nitrogens with zero attached hydrogens (tertiary/aromatic N) is 2. The van der Waals surface area contributed by atoms with E-state index < -0.39 is 0 Å². The quantitative estimate of drug-likeness (QED) is 0.367. The van der Waals surface area contributed by atoms with Crippen molar-refractivity contribution in [3.8, 4) is 0 Å². The molecule has 0 aliphatic rings. The minimum atomic E-state index is 0.635. The minimum absolute atomic E-state index is 0.635. The summed E-state index contributed by atoms with van der Waals surface area (Å²) in [5.74, 6) is 0.845. The van der Waals surface area contributed by atoms with Crippen LogP contribution >= 0.6 is 0 Å². The van der Waals surface area contributed by atoms with Crippen LogP contribution in [0.2, 0.25) is 0 Å². The average molecular weight is 358 g/mol. The lowest BCUT2D eigenvalue weighted by atomic mass is 10.1. The van der Waals surface area contributed by atoms with Gasteiger partial charge < -0.3 is 20.1 Å². The summed E-state index contributed by atoms with van der Waals surface area (Å²) in [6.07, 6.45) is 3.64. The van der Waals surface area contributed by atoms with E-state index in [9.17, 15) is 0 Å². The van der Waals surface area contributed by atoms with E-state index in [1.54, 1.807) is 7.11 Å². The number of methoxy groups -OCH3 is 1. The summed E-state index contributed by atoms with van der Waals surface area (Å²) in [6.45, 7) is 6.43. The fourth-order valence-electron chi connectivity index (χ4n) is 2.63. The van der Waals surface area contributed by atoms with E-state index in [1.807, 2.05) is 12.3 Å². The third-order valence-electron chi connectivity index (χ3n) is 3.90. The monoisotopic (exact) mass is 358 g/mol. The van der Waals surface area contributed by atoms with Crippen LogP contribution in [0.4, 0.5) is 0 Å². The Labute approximate surface area is 156 Å². The van der Waals surface area contributed by atoms with E-state index in [2.05, 4.69) is 51.8 Å². The van der Waals surface area contributed by atoms with Crippen molar-refractivity contribution in [2.45, 2.75) is 19.8 Å². The molecule has 2 N–H and O–H groups in total. The van der Waals surface area contributed by atoms with Crippen molar-refractivity contribution in [3.05, 3.63) is 42.1 Å². The number of aliphatic imine (C=N–C) groups is 1. The zero-order valence-corrected chi connectivity index (χ0v) is 15.8. The first-order valence-electron chi connectivity index (χ1n) is 9.26. The second kappa shape index (κ2) is 12.2. The van der Waals surface area contributed by atoms with Crippen molar-refractivity contribution in [3.63, 3.8) is 0 Å². The van der Waals surface area contributed by atoms with Crippen LogP contribution in [-0.4, -0.2) is 57.5 Å². The summed E-state index contributed by atoms with van der Waals surface area (Å²) in [5.41, 5.74) is 2.32. The zero-order chi connectivity index (χ0) is 18.5. The third kappa shape index (κ3) is 6.98. The van der Waals surface area contributed by atoms with Gasteiger partial charge in [0.2, 0.25) is 0 Å². The maximum absolute atomic E-state index is 5.45. The first-order chi connectivity index (χ1) is 12.8. The van der Waals surface area contributed by atoms with Gasteiger partial charge in [-0.1, -0.05) is 24.3 Å². The number of aromatic nitrogens is 1. The van der Waals surface area contributed by atoms with Crippen molar-refractivity contribution in [2.75, 3.05) is 46.6 Å². The topological polar surface area (TPSA) is 67.8 Å². The molecule has 0 atom stereocenters. The van der Waals surface area contributed by atoms with Crippen molar-refractivity contribution in [1.82, 2.24) is 15.6 Å². The molecule has 0 fully saturated rings. The van der Waals surface area contributed by atoms with E-state index in [4.69, 9.17) is 9.47 Å². The van der Waals surface area contributed by atoms with Crippen LogP contribution < -0.4 is 10.6 Å². The Balaban J connectivity index is 1.77. The normalized spacial score (nSPS) is 11.7. The largest absolute Gasteiger partial charge is 0.382 e. The van der Waals surface area contributed by atoms with E-state index in [0.29, 0.717) is 19.8 Å². The molecule has 0 spiro atoms. The number of ether oxygens (including phenoxy) is 2. The third-order valence-corrected chi connectivity index (χ3v) is 3.90. The fraction of sp³-hybridized carbons (Fsp3) is 0.500. The predicted molar refractivity (Wildman–Crippen MR) is 107 cm³/mol. The van der Waals surface area contributed by atoms with Crippen molar-refractivity contribution >= 4 is 16.9 Å². The Morgan fingerprint density at radius 3 is 2.85 bits per heavy atom. The second-order valence-corrected chi connectivity index (χ2v) is 5.89. The van der Waals surface area contributed by atoms with Crippen LogP contribution in [0.1, 0.15) is 18.9 Å². The van der Waals surface area contributed by atoms with E-state index in [1.165, 1.54) is 10.9 Å². The zero-order valence-electron chi connectivity index (χ0n) is 15.8. The highest BCUT2D eigenvalue weighted by Gasteiger charge is 2.02. The number of benzene rings is 1. The van der Waals surface area contributed by atoms with Gasteiger partial charge in [-0.25, -0.2) is 0 Å². The summed E-state index contributed by atoms with van der Waals surface area (Å²) in [5, 5.41) is 7.85. The van der Waals surface area contributed by atoms with Crippen LogP contribution in [-0.2, 0) is 15.9 Å². The maximum atomic E-state index is 5.45. The molecule has 0 amide bonds. The number of hydrogen-bond acceptors (Lipinski definition) is 4. The standard InChI is InChI=1S/C20H30N4O2/c1-3-21-20(23-12-6-14-26-16-15-25-2)24-13-10-18-8-4-7-17-9-5-11-22-19(17)18/h4-5,7-9,11H,3,6,10,12-16H2,1-2H3,(H2,21,23,24). The molecule has 142 valence electrons. The molecular formula is C20H30N4O2. The number of para-hydroxylation sites is 1. The van der Waals surface area contributed by atoms with Crippen molar-refractivity contribution in [2.24, 2.45) is 4.99 Å². The van der Waals surface area contributed by atoms with Gasteiger partial charge in [0.05, 0.1) is 18.7 Å². The minimum Gasteiger partial charge on any atom is -0.382 e. The highest BCUT2D eigenvalue weighted by molar-refractivity contribution is 5.82. The van der Waals surface area contributed by atoms with Gasteiger partial charge in [0.25, 0.3) is 0 Å². The Bertz CT molecular complexity index is 670. The highest BCUT2D eigenvalue weighted by Crippen LogP contribution is 2.15. The lowest BCUT2D eigenvalue weighted by molar-refractivity contribution is 0.0702. The van der Waals surface area contributed by atoms with Gasteiger partial charge in [0.1, 0.15) is 0 Å². The van der Waals surface area contributed by atoms with Gasteiger partial charge in [0.15, 0.2) is 5.96 Å². The fourth-order valence-corrected chi connectivity index (χ4v) is 2.63. The molecule has 1 aromatic heterocycles. The lowest BCUT2D eigenvalue weighted by Crippen LogP contribution is -2.38. The van der Waals surface area contributed by atoms with E-state index in [-0.39, 0.29) is 0 Å². The van der Waals surface area contributed by atoms with E-state index >= 15 is 0 Å². The van der Waals surface area contributed by atoms with Crippen LogP contribution in [0, 0.1) is 0 Å². The molecule has 0 unspecified atom stereocenters. The number of nitrogens with one attached hydrogen (secondary N) is 2.